The first kappa shape index (κ1) is 15.2. The summed E-state index contributed by atoms with van der Waals surface area (Å²) in [5.41, 5.74) is 0. The molecule has 0 saturated carbocycles. The molecule has 1 aliphatic rings. The minimum absolute atomic E-state index is 0.289. The van der Waals surface area contributed by atoms with Crippen LogP contribution in [0.3, 0.4) is 0 Å². The molecule has 2 atom stereocenters. The summed E-state index contributed by atoms with van der Waals surface area (Å²) in [7, 11) is 0. The molecular formula is C15H24FN3O. The van der Waals surface area contributed by atoms with E-state index in [1.807, 2.05) is 0 Å². The smallest absolute Gasteiger partial charge is 0.165 e. The molecule has 5 heteroatoms. The van der Waals surface area contributed by atoms with Gasteiger partial charge in [0.25, 0.3) is 0 Å². The average molecular weight is 281 g/mol. The van der Waals surface area contributed by atoms with Crippen LogP contribution in [0.25, 0.3) is 0 Å². The lowest BCUT2D eigenvalue weighted by Crippen LogP contribution is -2.45. The minimum Gasteiger partial charge on any atom is -0.373 e. The Hall–Kier alpha value is -1.20. The van der Waals surface area contributed by atoms with Gasteiger partial charge in [0.1, 0.15) is 0 Å². The highest BCUT2D eigenvalue weighted by Crippen LogP contribution is 2.12. The summed E-state index contributed by atoms with van der Waals surface area (Å²) in [6.45, 7) is 8.08. The number of halogens is 1. The second-order valence-electron chi connectivity index (χ2n) is 5.48. The Morgan fingerprint density at radius 2 is 2.10 bits per heavy atom. The standard InChI is InChI=1S/C15H24FN3O/c1-12-10-19(11-13(2)20-12)9-4-3-7-17-15-14(16)6-5-8-18-15/h5-6,8,12-13H,3-4,7,9-11H2,1-2H3,(H,17,18)/t12-,13-/m1/s1. The summed E-state index contributed by atoms with van der Waals surface area (Å²) in [6.07, 6.45) is 4.35. The Balaban J connectivity index is 1.61. The van der Waals surface area contributed by atoms with Crippen LogP contribution < -0.4 is 5.32 Å². The monoisotopic (exact) mass is 281 g/mol. The summed E-state index contributed by atoms with van der Waals surface area (Å²) in [5, 5.41) is 3.04. The van der Waals surface area contributed by atoms with E-state index in [2.05, 4.69) is 29.0 Å². The van der Waals surface area contributed by atoms with Crippen molar-refractivity contribution in [2.24, 2.45) is 0 Å². The normalized spacial score (nSPS) is 23.8. The number of rotatable bonds is 6. The van der Waals surface area contributed by atoms with Crippen LogP contribution in [-0.4, -0.2) is 48.3 Å². The molecule has 0 aliphatic carbocycles. The maximum atomic E-state index is 13.3. The third-order valence-electron chi connectivity index (χ3n) is 3.45. The van der Waals surface area contributed by atoms with Gasteiger partial charge in [-0.1, -0.05) is 0 Å². The van der Waals surface area contributed by atoms with Crippen LogP contribution in [0, 0.1) is 5.82 Å². The SMILES string of the molecule is C[C@@H]1CN(CCCCNc2ncccc2F)C[C@@H](C)O1. The van der Waals surface area contributed by atoms with Gasteiger partial charge < -0.3 is 10.1 Å². The highest BCUT2D eigenvalue weighted by Gasteiger charge is 2.21. The molecule has 2 heterocycles. The summed E-state index contributed by atoms with van der Waals surface area (Å²) < 4.78 is 19.0. The second kappa shape index (κ2) is 7.55. The van der Waals surface area contributed by atoms with Gasteiger partial charge in [0.05, 0.1) is 12.2 Å². The first-order valence-electron chi connectivity index (χ1n) is 7.37. The van der Waals surface area contributed by atoms with Crippen molar-refractivity contribution in [1.29, 1.82) is 0 Å². The van der Waals surface area contributed by atoms with E-state index >= 15 is 0 Å². The Kier molecular flexibility index (Phi) is 5.73. The molecule has 1 fully saturated rings. The van der Waals surface area contributed by atoms with Gasteiger partial charge in [-0.2, -0.15) is 0 Å². The number of aromatic nitrogens is 1. The second-order valence-corrected chi connectivity index (χ2v) is 5.48. The molecule has 1 N–H and O–H groups in total. The molecule has 2 rings (SSSR count). The van der Waals surface area contributed by atoms with Crippen molar-refractivity contribution in [2.45, 2.75) is 38.9 Å². The number of unbranched alkanes of at least 4 members (excludes halogenated alkanes) is 1. The summed E-state index contributed by atoms with van der Waals surface area (Å²) in [6, 6.07) is 3.02. The minimum atomic E-state index is -0.289. The molecule has 0 amide bonds. The van der Waals surface area contributed by atoms with E-state index in [0.717, 1.165) is 39.0 Å². The van der Waals surface area contributed by atoms with Crippen molar-refractivity contribution < 1.29 is 9.13 Å². The van der Waals surface area contributed by atoms with Crippen LogP contribution in [-0.2, 0) is 4.74 Å². The van der Waals surface area contributed by atoms with Gasteiger partial charge in [0, 0.05) is 25.8 Å². The predicted octanol–water partition coefficient (Wildman–Crippen LogP) is 2.52. The van der Waals surface area contributed by atoms with Gasteiger partial charge in [-0.15, -0.1) is 0 Å². The van der Waals surface area contributed by atoms with Gasteiger partial charge in [-0.3, -0.25) is 4.90 Å². The van der Waals surface area contributed by atoms with Crippen LogP contribution in [0.1, 0.15) is 26.7 Å². The van der Waals surface area contributed by atoms with E-state index in [4.69, 9.17) is 4.74 Å². The van der Waals surface area contributed by atoms with Crippen molar-refractivity contribution in [1.82, 2.24) is 9.88 Å². The number of hydrogen-bond acceptors (Lipinski definition) is 4. The van der Waals surface area contributed by atoms with Gasteiger partial charge in [0.2, 0.25) is 0 Å². The third kappa shape index (κ3) is 4.72. The van der Waals surface area contributed by atoms with E-state index in [1.54, 1.807) is 12.3 Å². The predicted molar refractivity (Wildman–Crippen MR) is 78.4 cm³/mol. The molecule has 0 radical (unpaired) electrons. The molecule has 4 nitrogen and oxygen atoms in total. The maximum absolute atomic E-state index is 13.3. The highest BCUT2D eigenvalue weighted by atomic mass is 19.1. The zero-order valence-electron chi connectivity index (χ0n) is 12.3. The van der Waals surface area contributed by atoms with Crippen LogP contribution in [0.4, 0.5) is 10.2 Å². The molecule has 112 valence electrons. The van der Waals surface area contributed by atoms with Gasteiger partial charge in [0.15, 0.2) is 11.6 Å². The van der Waals surface area contributed by atoms with Crippen molar-refractivity contribution in [2.75, 3.05) is 31.5 Å². The van der Waals surface area contributed by atoms with E-state index in [0.29, 0.717) is 18.0 Å². The molecule has 20 heavy (non-hydrogen) atoms. The quantitative estimate of drug-likeness (QED) is 0.813. The molecule has 0 spiro atoms. The van der Waals surface area contributed by atoms with Crippen molar-refractivity contribution in [3.05, 3.63) is 24.1 Å². The van der Waals surface area contributed by atoms with Crippen LogP contribution in [0.2, 0.25) is 0 Å². The average Bonchev–Trinajstić information content (AvgIpc) is 2.39. The van der Waals surface area contributed by atoms with Gasteiger partial charge in [-0.25, -0.2) is 9.37 Å². The zero-order valence-corrected chi connectivity index (χ0v) is 12.3. The third-order valence-corrected chi connectivity index (χ3v) is 3.45. The highest BCUT2D eigenvalue weighted by molar-refractivity contribution is 5.35. The van der Waals surface area contributed by atoms with Crippen molar-refractivity contribution in [3.8, 4) is 0 Å². The molecule has 0 unspecified atom stereocenters. The Labute approximate surface area is 120 Å². The number of morpholine rings is 1. The largest absolute Gasteiger partial charge is 0.373 e. The Bertz CT molecular complexity index is 406. The first-order valence-corrected chi connectivity index (χ1v) is 7.37. The van der Waals surface area contributed by atoms with Crippen molar-refractivity contribution >= 4 is 5.82 Å². The number of nitrogens with zero attached hydrogens (tertiary/aromatic N) is 2. The van der Waals surface area contributed by atoms with E-state index in [9.17, 15) is 4.39 Å². The van der Waals surface area contributed by atoms with Gasteiger partial charge in [-0.05, 0) is 45.4 Å². The lowest BCUT2D eigenvalue weighted by atomic mass is 10.2. The van der Waals surface area contributed by atoms with E-state index in [1.165, 1.54) is 6.07 Å². The summed E-state index contributed by atoms with van der Waals surface area (Å²) in [4.78, 5) is 6.42. The molecule has 1 saturated heterocycles. The fraction of sp³-hybridized carbons (Fsp3) is 0.667. The number of nitrogens with one attached hydrogen (secondary N) is 1. The number of anilines is 1. The fourth-order valence-corrected chi connectivity index (χ4v) is 2.65. The maximum Gasteiger partial charge on any atom is 0.165 e. The molecule has 0 aromatic carbocycles. The zero-order chi connectivity index (χ0) is 14.4. The summed E-state index contributed by atoms with van der Waals surface area (Å²) in [5.74, 6) is 0.0597. The van der Waals surface area contributed by atoms with Crippen LogP contribution in [0.15, 0.2) is 18.3 Å². The fourth-order valence-electron chi connectivity index (χ4n) is 2.65. The van der Waals surface area contributed by atoms with Gasteiger partial charge >= 0.3 is 0 Å². The van der Waals surface area contributed by atoms with E-state index in [-0.39, 0.29) is 5.82 Å². The number of hydrogen-bond donors (Lipinski definition) is 1. The van der Waals surface area contributed by atoms with Crippen LogP contribution in [0.5, 0.6) is 0 Å². The Morgan fingerprint density at radius 3 is 2.80 bits per heavy atom. The number of pyridine rings is 1. The molecule has 0 bridgehead atoms. The Morgan fingerprint density at radius 1 is 1.35 bits per heavy atom. The lowest BCUT2D eigenvalue weighted by Gasteiger charge is -2.35. The van der Waals surface area contributed by atoms with Crippen molar-refractivity contribution in [3.63, 3.8) is 0 Å². The first-order chi connectivity index (χ1) is 9.65. The molecule has 1 aliphatic heterocycles. The molecule has 1 aromatic rings. The summed E-state index contributed by atoms with van der Waals surface area (Å²) >= 11 is 0. The number of ether oxygens (including phenoxy) is 1. The van der Waals surface area contributed by atoms with E-state index < -0.39 is 0 Å². The molecular weight excluding hydrogens is 257 g/mol. The topological polar surface area (TPSA) is 37.4 Å². The molecule has 1 aromatic heterocycles. The van der Waals surface area contributed by atoms with Crippen LogP contribution >= 0.6 is 0 Å². The lowest BCUT2D eigenvalue weighted by molar-refractivity contribution is -0.0681.